The average molecular weight is 596 g/mol. The minimum atomic E-state index is -1.04. The Morgan fingerprint density at radius 3 is 1.84 bits per heavy atom. The summed E-state index contributed by atoms with van der Waals surface area (Å²) in [5, 5.41) is 11.0. The lowest BCUT2D eigenvalue weighted by Crippen LogP contribution is -2.28. The summed E-state index contributed by atoms with van der Waals surface area (Å²) in [7, 11) is 0. The molecule has 6 nitrogen and oxygen atoms in total. The van der Waals surface area contributed by atoms with Crippen molar-refractivity contribution in [2.45, 2.75) is 123 Å². The van der Waals surface area contributed by atoms with Crippen LogP contribution in [0.5, 0.6) is 0 Å². The highest BCUT2D eigenvalue weighted by atomic mass is 16.5. The molecule has 0 aromatic rings. The molecule has 0 saturated heterocycles. The maximum absolute atomic E-state index is 12.5. The first kappa shape index (κ1) is 39.6. The lowest BCUT2D eigenvalue weighted by atomic mass is 10.1. The summed E-state index contributed by atoms with van der Waals surface area (Å²) in [5.41, 5.74) is 0. The van der Waals surface area contributed by atoms with Crippen LogP contribution in [-0.4, -0.2) is 35.6 Å². The molecule has 1 amide bonds. The van der Waals surface area contributed by atoms with Crippen molar-refractivity contribution in [1.82, 2.24) is 5.32 Å². The summed E-state index contributed by atoms with van der Waals surface area (Å²) in [6.07, 6.45) is 43.0. The van der Waals surface area contributed by atoms with Gasteiger partial charge in [-0.05, 0) is 70.3 Å². The van der Waals surface area contributed by atoms with Gasteiger partial charge in [-0.2, -0.15) is 0 Å². The first-order chi connectivity index (χ1) is 21.0. The van der Waals surface area contributed by atoms with Gasteiger partial charge in [0.25, 0.3) is 0 Å². The Bertz CT molecular complexity index is 923. The van der Waals surface area contributed by atoms with Gasteiger partial charge in [0.2, 0.25) is 5.91 Å². The van der Waals surface area contributed by atoms with Crippen LogP contribution in [0.2, 0.25) is 0 Å². The molecule has 0 saturated carbocycles. The first-order valence-corrected chi connectivity index (χ1v) is 16.2. The topological polar surface area (TPSA) is 92.7 Å². The molecule has 1 atom stereocenters. The molecule has 0 aliphatic rings. The minimum absolute atomic E-state index is 0.232. The first-order valence-electron chi connectivity index (χ1n) is 16.2. The molecule has 0 heterocycles. The van der Waals surface area contributed by atoms with Gasteiger partial charge >= 0.3 is 11.9 Å². The standard InChI is InChI=1S/C37H57NO5/c1-3-5-7-9-11-12-13-14-15-16-17-18-20-22-28-32-37(42)43-34(29-25-21-19-10-8-6-4-2)30-26-23-24-27-31-35(39)38-33-36(40)41/h5,7,10-12,14-15,17-19,22,25,28-29,34H,3-4,6,8-9,13,16,20-21,23-24,26-27,30-33H2,1-2H3,(H,38,39)(H,40,41)/b7-5-,12-11-,15-14-,18-17-,19-10-,28-22-,29-25-. The number of nitrogens with one attached hydrogen (secondary N) is 1. The van der Waals surface area contributed by atoms with Gasteiger partial charge < -0.3 is 15.2 Å². The third-order valence-corrected chi connectivity index (χ3v) is 6.32. The summed E-state index contributed by atoms with van der Waals surface area (Å²) in [6.45, 7) is 3.98. The fourth-order valence-corrected chi connectivity index (χ4v) is 3.93. The Balaban J connectivity index is 4.40. The monoisotopic (exact) mass is 595 g/mol. The lowest BCUT2D eigenvalue weighted by Gasteiger charge is -2.14. The normalized spacial score (nSPS) is 13.2. The van der Waals surface area contributed by atoms with E-state index in [0.717, 1.165) is 70.6 Å². The predicted octanol–water partition coefficient (Wildman–Crippen LogP) is 9.27. The van der Waals surface area contributed by atoms with E-state index in [2.05, 4.69) is 86.0 Å². The molecule has 0 aromatic heterocycles. The second-order valence-electron chi connectivity index (χ2n) is 10.3. The summed E-state index contributed by atoms with van der Waals surface area (Å²) >= 11 is 0. The maximum Gasteiger partial charge on any atom is 0.322 e. The number of amides is 1. The van der Waals surface area contributed by atoms with Crippen molar-refractivity contribution in [3.8, 4) is 0 Å². The van der Waals surface area contributed by atoms with Gasteiger partial charge in [-0.3, -0.25) is 14.4 Å². The van der Waals surface area contributed by atoms with E-state index in [1.54, 1.807) is 0 Å². The fraction of sp³-hybridized carbons (Fsp3) is 0.541. The molecule has 1 unspecified atom stereocenters. The van der Waals surface area contributed by atoms with E-state index >= 15 is 0 Å². The number of aliphatic carboxylic acids is 1. The Hall–Kier alpha value is -3.41. The van der Waals surface area contributed by atoms with E-state index < -0.39 is 5.97 Å². The number of hydrogen-bond acceptors (Lipinski definition) is 4. The molecule has 0 fully saturated rings. The van der Waals surface area contributed by atoms with Gasteiger partial charge in [-0.1, -0.05) is 119 Å². The average Bonchev–Trinajstić information content (AvgIpc) is 2.99. The van der Waals surface area contributed by atoms with Crippen LogP contribution in [-0.2, 0) is 19.1 Å². The molecule has 0 spiro atoms. The molecule has 0 aliphatic carbocycles. The van der Waals surface area contributed by atoms with Gasteiger partial charge in [0.1, 0.15) is 12.6 Å². The third-order valence-electron chi connectivity index (χ3n) is 6.32. The number of unbranched alkanes of at least 4 members (excludes halogenated alkanes) is 5. The van der Waals surface area contributed by atoms with Crippen LogP contribution < -0.4 is 5.32 Å². The molecule has 43 heavy (non-hydrogen) atoms. The lowest BCUT2D eigenvalue weighted by molar-refractivity contribution is -0.146. The molecule has 0 radical (unpaired) electrons. The quantitative estimate of drug-likeness (QED) is 0.0561. The second kappa shape index (κ2) is 31.5. The van der Waals surface area contributed by atoms with Crippen molar-refractivity contribution < 1.29 is 24.2 Å². The number of carbonyl (C=O) groups excluding carboxylic acids is 2. The Labute approximate surface area is 261 Å². The summed E-state index contributed by atoms with van der Waals surface area (Å²) < 4.78 is 5.76. The molecule has 6 heteroatoms. The van der Waals surface area contributed by atoms with E-state index in [1.165, 1.54) is 12.8 Å². The minimum Gasteiger partial charge on any atom is -0.480 e. The Morgan fingerprint density at radius 2 is 1.23 bits per heavy atom. The van der Waals surface area contributed by atoms with Crippen LogP contribution in [0, 0.1) is 0 Å². The van der Waals surface area contributed by atoms with E-state index in [1.807, 2.05) is 18.2 Å². The van der Waals surface area contributed by atoms with Gasteiger partial charge in [0, 0.05) is 6.42 Å². The SMILES string of the molecule is CC/C=C\C/C=C\C/C=C\C/C=C\C/C=C\CC(=O)OC(/C=C\C/C=C\CCCC)CCCCCCC(=O)NCC(=O)O. The predicted molar refractivity (Wildman–Crippen MR) is 180 cm³/mol. The van der Waals surface area contributed by atoms with Gasteiger partial charge in [0.05, 0.1) is 6.42 Å². The number of carboxylic acids is 1. The van der Waals surface area contributed by atoms with Crippen molar-refractivity contribution in [3.05, 3.63) is 85.1 Å². The smallest absolute Gasteiger partial charge is 0.322 e. The third kappa shape index (κ3) is 31.4. The highest BCUT2D eigenvalue weighted by Gasteiger charge is 2.10. The van der Waals surface area contributed by atoms with Crippen molar-refractivity contribution in [3.63, 3.8) is 0 Å². The Morgan fingerprint density at radius 1 is 0.674 bits per heavy atom. The van der Waals surface area contributed by atoms with Crippen LogP contribution in [0.1, 0.15) is 117 Å². The zero-order valence-corrected chi connectivity index (χ0v) is 26.8. The number of carbonyl (C=O) groups is 3. The zero-order chi connectivity index (χ0) is 31.6. The van der Waals surface area contributed by atoms with E-state index in [0.29, 0.717) is 12.8 Å². The highest BCUT2D eigenvalue weighted by Crippen LogP contribution is 2.13. The van der Waals surface area contributed by atoms with E-state index in [4.69, 9.17) is 9.84 Å². The second-order valence-corrected chi connectivity index (χ2v) is 10.3. The van der Waals surface area contributed by atoms with Crippen LogP contribution in [0.3, 0.4) is 0 Å². The Kier molecular flexibility index (Phi) is 29.0. The summed E-state index contributed by atoms with van der Waals surface area (Å²) in [6, 6.07) is 0. The molecule has 0 aromatic carbocycles. The van der Waals surface area contributed by atoms with Crippen molar-refractivity contribution >= 4 is 17.8 Å². The van der Waals surface area contributed by atoms with Crippen molar-refractivity contribution in [1.29, 1.82) is 0 Å². The number of esters is 1. The van der Waals surface area contributed by atoms with Gasteiger partial charge in [-0.25, -0.2) is 0 Å². The van der Waals surface area contributed by atoms with Crippen LogP contribution in [0.4, 0.5) is 0 Å². The number of hydrogen-bond donors (Lipinski definition) is 2. The molecule has 0 bridgehead atoms. The number of carboxylic acid groups (broad SMARTS) is 1. The van der Waals surface area contributed by atoms with Crippen LogP contribution in [0.15, 0.2) is 85.1 Å². The van der Waals surface area contributed by atoms with Crippen LogP contribution in [0.25, 0.3) is 0 Å². The van der Waals surface area contributed by atoms with Crippen molar-refractivity contribution in [2.75, 3.05) is 6.54 Å². The maximum atomic E-state index is 12.5. The van der Waals surface area contributed by atoms with E-state index in [-0.39, 0.29) is 30.9 Å². The summed E-state index contributed by atoms with van der Waals surface area (Å²) in [5.74, 6) is -1.51. The van der Waals surface area contributed by atoms with Gasteiger partial charge in [-0.15, -0.1) is 0 Å². The van der Waals surface area contributed by atoms with E-state index in [9.17, 15) is 14.4 Å². The van der Waals surface area contributed by atoms with Gasteiger partial charge in [0.15, 0.2) is 0 Å². The summed E-state index contributed by atoms with van der Waals surface area (Å²) in [4.78, 5) is 34.6. The fourth-order valence-electron chi connectivity index (χ4n) is 3.93. The number of rotatable bonds is 27. The number of allylic oxidation sites excluding steroid dienone is 12. The highest BCUT2D eigenvalue weighted by molar-refractivity contribution is 5.80. The van der Waals surface area contributed by atoms with Crippen LogP contribution >= 0.6 is 0 Å². The molecular weight excluding hydrogens is 538 g/mol. The van der Waals surface area contributed by atoms with Crippen molar-refractivity contribution in [2.24, 2.45) is 0 Å². The molecule has 0 aliphatic heterocycles. The number of ether oxygens (including phenoxy) is 1. The zero-order valence-electron chi connectivity index (χ0n) is 26.8. The largest absolute Gasteiger partial charge is 0.480 e. The molecular formula is C37H57NO5. The molecule has 0 rings (SSSR count). The molecule has 2 N–H and O–H groups in total. The molecule has 240 valence electrons.